The van der Waals surface area contributed by atoms with Gasteiger partial charge in [-0.25, -0.2) is 9.79 Å². The molecule has 252 valence electrons. The van der Waals surface area contributed by atoms with Crippen molar-refractivity contribution in [3.05, 3.63) is 155 Å². The van der Waals surface area contributed by atoms with E-state index in [1.165, 1.54) is 11.3 Å². The number of nitrogens with zero attached hydrogens (tertiary/aromatic N) is 3. The van der Waals surface area contributed by atoms with E-state index in [0.29, 0.717) is 54.2 Å². The topological polar surface area (TPSA) is 84.1 Å². The number of hydrogen-bond acceptors (Lipinski definition) is 7. The van der Waals surface area contributed by atoms with Crippen LogP contribution in [0.1, 0.15) is 35.2 Å². The fourth-order valence-corrected chi connectivity index (χ4v) is 7.60. The summed E-state index contributed by atoms with van der Waals surface area (Å²) in [6.07, 6.45) is 3.90. The molecule has 8 nitrogen and oxygen atoms in total. The standard InChI is InChI=1S/C39H31Cl2N3O5S/c1-4-49-38(46)34-35(24-10-6-5-7-11-24)42-39-44(36(34)28-20-26(47-2)15-17-32(28)48-3)37(45)33(50-39)19-25-22-43(31-13-9-8-12-27(25)31)21-23-14-16-29(40)30(41)18-23/h5-20,22,36H,4,21H2,1-3H3/b33-19-/t36-/m1/s1. The fraction of sp³-hybridized carbons (Fsp3) is 0.154. The maximum atomic E-state index is 14.6. The van der Waals surface area contributed by atoms with Gasteiger partial charge in [0, 0.05) is 40.3 Å². The molecule has 1 atom stereocenters. The van der Waals surface area contributed by atoms with E-state index in [1.54, 1.807) is 50.0 Å². The zero-order valence-electron chi connectivity index (χ0n) is 27.4. The molecule has 0 saturated heterocycles. The van der Waals surface area contributed by atoms with Crippen LogP contribution in [0.5, 0.6) is 11.5 Å². The third-order valence-corrected chi connectivity index (χ3v) is 10.3. The van der Waals surface area contributed by atoms with Gasteiger partial charge in [0.25, 0.3) is 5.56 Å². The van der Waals surface area contributed by atoms with Crippen LogP contribution < -0.4 is 24.4 Å². The average Bonchev–Trinajstić information content (AvgIpc) is 3.64. The Kier molecular flexibility index (Phi) is 9.38. The molecule has 0 fully saturated rings. The van der Waals surface area contributed by atoms with Crippen molar-refractivity contribution in [2.24, 2.45) is 4.99 Å². The number of carbonyl (C=O) groups excluding carboxylic acids is 1. The molecule has 3 heterocycles. The zero-order chi connectivity index (χ0) is 34.9. The summed E-state index contributed by atoms with van der Waals surface area (Å²) in [6.45, 7) is 2.43. The first-order chi connectivity index (χ1) is 24.3. The van der Waals surface area contributed by atoms with Gasteiger partial charge in [0.15, 0.2) is 4.80 Å². The molecule has 50 heavy (non-hydrogen) atoms. The van der Waals surface area contributed by atoms with Crippen molar-refractivity contribution in [1.29, 1.82) is 0 Å². The number of para-hydroxylation sites is 1. The van der Waals surface area contributed by atoms with Crippen LogP contribution in [0.25, 0.3) is 22.7 Å². The van der Waals surface area contributed by atoms with E-state index in [2.05, 4.69) is 4.57 Å². The Balaban J connectivity index is 1.47. The van der Waals surface area contributed by atoms with Gasteiger partial charge in [-0.2, -0.15) is 0 Å². The molecular formula is C39H31Cl2N3O5S. The third-order valence-electron chi connectivity index (χ3n) is 8.55. The molecule has 2 aromatic heterocycles. The minimum Gasteiger partial charge on any atom is -0.497 e. The lowest BCUT2D eigenvalue weighted by Gasteiger charge is -2.27. The van der Waals surface area contributed by atoms with Gasteiger partial charge in [-0.1, -0.05) is 89.1 Å². The first-order valence-corrected chi connectivity index (χ1v) is 17.4. The van der Waals surface area contributed by atoms with Crippen LogP contribution in [-0.2, 0) is 16.1 Å². The number of benzene rings is 4. The van der Waals surface area contributed by atoms with Gasteiger partial charge in [0.05, 0.1) is 46.7 Å². The van der Waals surface area contributed by atoms with Crippen molar-refractivity contribution >= 4 is 63.2 Å². The van der Waals surface area contributed by atoms with Crippen LogP contribution in [0, 0.1) is 0 Å². The van der Waals surface area contributed by atoms with Gasteiger partial charge >= 0.3 is 5.97 Å². The number of ether oxygens (including phenoxy) is 3. The van der Waals surface area contributed by atoms with Crippen molar-refractivity contribution in [3.8, 4) is 11.5 Å². The fourth-order valence-electron chi connectivity index (χ4n) is 6.28. The Bertz CT molecular complexity index is 2480. The molecule has 0 saturated carbocycles. The highest BCUT2D eigenvalue weighted by atomic mass is 35.5. The van der Waals surface area contributed by atoms with Crippen molar-refractivity contribution < 1.29 is 19.0 Å². The second kappa shape index (κ2) is 14.0. The lowest BCUT2D eigenvalue weighted by molar-refractivity contribution is -0.138. The van der Waals surface area contributed by atoms with Crippen LogP contribution in [0.2, 0.25) is 10.0 Å². The predicted molar refractivity (Wildman–Crippen MR) is 198 cm³/mol. The quantitative estimate of drug-likeness (QED) is 0.147. The summed E-state index contributed by atoms with van der Waals surface area (Å²) in [6, 6.07) is 27.4. The maximum Gasteiger partial charge on any atom is 0.338 e. The molecule has 7 rings (SSSR count). The SMILES string of the molecule is CCOC(=O)C1=C(c2ccccc2)N=c2s/c(=C\c3cn(Cc4ccc(Cl)c(Cl)c4)c4ccccc34)c(=O)n2[C@@H]1c1cc(OC)ccc1OC. The van der Waals surface area contributed by atoms with Crippen molar-refractivity contribution in [2.75, 3.05) is 20.8 Å². The molecule has 0 spiro atoms. The Morgan fingerprint density at radius 3 is 2.46 bits per heavy atom. The Morgan fingerprint density at radius 1 is 0.940 bits per heavy atom. The highest BCUT2D eigenvalue weighted by Crippen LogP contribution is 2.40. The first kappa shape index (κ1) is 33.4. The molecule has 0 unspecified atom stereocenters. The van der Waals surface area contributed by atoms with Gasteiger partial charge in [-0.3, -0.25) is 9.36 Å². The summed E-state index contributed by atoms with van der Waals surface area (Å²) in [5.41, 5.74) is 4.44. The number of thiazole rings is 1. The number of esters is 1. The van der Waals surface area contributed by atoms with E-state index in [0.717, 1.165) is 22.0 Å². The smallest absolute Gasteiger partial charge is 0.338 e. The summed E-state index contributed by atoms with van der Waals surface area (Å²) in [5.74, 6) is 0.440. The summed E-state index contributed by atoms with van der Waals surface area (Å²) >= 11 is 13.8. The highest BCUT2D eigenvalue weighted by molar-refractivity contribution is 7.07. The van der Waals surface area contributed by atoms with Crippen LogP contribution in [-0.4, -0.2) is 35.9 Å². The minimum atomic E-state index is -0.927. The van der Waals surface area contributed by atoms with Crippen LogP contribution in [0.3, 0.4) is 0 Å². The van der Waals surface area contributed by atoms with Crippen LogP contribution in [0.4, 0.5) is 0 Å². The number of aromatic nitrogens is 2. The first-order valence-electron chi connectivity index (χ1n) is 15.8. The molecule has 6 aromatic rings. The minimum absolute atomic E-state index is 0.142. The van der Waals surface area contributed by atoms with Gasteiger partial charge in [0.2, 0.25) is 0 Å². The second-order valence-electron chi connectivity index (χ2n) is 11.5. The van der Waals surface area contributed by atoms with Gasteiger partial charge < -0.3 is 18.8 Å². The number of hydrogen-bond donors (Lipinski definition) is 0. The van der Waals surface area contributed by atoms with Gasteiger partial charge in [0.1, 0.15) is 17.5 Å². The Labute approximate surface area is 301 Å². The molecular weight excluding hydrogens is 693 g/mol. The maximum absolute atomic E-state index is 14.6. The third kappa shape index (κ3) is 6.13. The van der Waals surface area contributed by atoms with E-state index < -0.39 is 12.0 Å². The van der Waals surface area contributed by atoms with E-state index in [4.69, 9.17) is 42.4 Å². The number of fused-ring (bicyclic) bond motifs is 2. The lowest BCUT2D eigenvalue weighted by Crippen LogP contribution is -2.40. The summed E-state index contributed by atoms with van der Waals surface area (Å²) < 4.78 is 21.1. The van der Waals surface area contributed by atoms with E-state index in [-0.39, 0.29) is 17.7 Å². The molecule has 1 aliphatic rings. The Hall–Kier alpha value is -5.09. The van der Waals surface area contributed by atoms with E-state index in [9.17, 15) is 9.59 Å². The van der Waals surface area contributed by atoms with E-state index >= 15 is 0 Å². The summed E-state index contributed by atoms with van der Waals surface area (Å²) in [7, 11) is 3.11. The molecule has 0 aliphatic carbocycles. The number of methoxy groups -OCH3 is 2. The number of halogens is 2. The Morgan fingerprint density at radius 2 is 1.72 bits per heavy atom. The van der Waals surface area contributed by atoms with Crippen molar-refractivity contribution in [1.82, 2.24) is 9.13 Å². The molecule has 11 heteroatoms. The van der Waals surface area contributed by atoms with Crippen molar-refractivity contribution in [2.45, 2.75) is 19.5 Å². The molecule has 0 radical (unpaired) electrons. The lowest BCUT2D eigenvalue weighted by atomic mass is 9.92. The average molecular weight is 725 g/mol. The zero-order valence-corrected chi connectivity index (χ0v) is 29.7. The van der Waals surface area contributed by atoms with E-state index in [1.807, 2.05) is 79.0 Å². The van der Waals surface area contributed by atoms with Gasteiger partial charge in [-0.05, 0) is 55.0 Å². The monoisotopic (exact) mass is 723 g/mol. The molecule has 4 aromatic carbocycles. The highest BCUT2D eigenvalue weighted by Gasteiger charge is 2.37. The molecule has 0 bridgehead atoms. The summed E-state index contributed by atoms with van der Waals surface area (Å²) in [4.78, 5) is 34.0. The molecule has 0 N–H and O–H groups in total. The number of rotatable bonds is 9. The predicted octanol–water partition coefficient (Wildman–Crippen LogP) is 7.26. The van der Waals surface area contributed by atoms with Gasteiger partial charge in [-0.15, -0.1) is 0 Å². The molecule has 0 amide bonds. The van der Waals surface area contributed by atoms with Crippen LogP contribution >= 0.6 is 34.5 Å². The van der Waals surface area contributed by atoms with Crippen molar-refractivity contribution in [3.63, 3.8) is 0 Å². The largest absolute Gasteiger partial charge is 0.497 e. The molecule has 1 aliphatic heterocycles. The normalized spacial score (nSPS) is 14.4. The van der Waals surface area contributed by atoms with Crippen LogP contribution in [0.15, 0.2) is 113 Å². The second-order valence-corrected chi connectivity index (χ2v) is 13.3. The summed E-state index contributed by atoms with van der Waals surface area (Å²) in [5, 5.41) is 1.96. The number of carbonyl (C=O) groups is 1.